The molecule has 1 fully saturated rings. The van der Waals surface area contributed by atoms with Gasteiger partial charge in [0, 0.05) is 25.8 Å². The molecular formula is C13H15N3O4. The standard InChI is InChI=1S/C13H15N3O4/c1-16-12-9(5-15-16)11(10(4-14-12)13(17)18)20-7-8-2-3-19-6-8/h4-5,8H,2-3,6-7H2,1H3,(H,17,18). The van der Waals surface area contributed by atoms with Crippen LogP contribution in [-0.2, 0) is 11.8 Å². The summed E-state index contributed by atoms with van der Waals surface area (Å²) in [6.07, 6.45) is 3.83. The molecule has 0 aliphatic carbocycles. The third-order valence-corrected chi connectivity index (χ3v) is 3.43. The van der Waals surface area contributed by atoms with E-state index in [0.717, 1.165) is 13.0 Å². The number of aromatic nitrogens is 3. The van der Waals surface area contributed by atoms with Crippen LogP contribution >= 0.6 is 0 Å². The van der Waals surface area contributed by atoms with Gasteiger partial charge in [0.25, 0.3) is 0 Å². The highest BCUT2D eigenvalue weighted by molar-refractivity contribution is 5.97. The lowest BCUT2D eigenvalue weighted by atomic mass is 10.1. The minimum atomic E-state index is -1.05. The third-order valence-electron chi connectivity index (χ3n) is 3.43. The van der Waals surface area contributed by atoms with E-state index < -0.39 is 5.97 Å². The molecule has 0 saturated carbocycles. The van der Waals surface area contributed by atoms with Gasteiger partial charge in [0.1, 0.15) is 11.3 Å². The van der Waals surface area contributed by atoms with Gasteiger partial charge in [-0.1, -0.05) is 0 Å². The molecule has 0 radical (unpaired) electrons. The first-order valence-electron chi connectivity index (χ1n) is 6.41. The van der Waals surface area contributed by atoms with Crippen LogP contribution in [-0.4, -0.2) is 45.7 Å². The molecule has 1 unspecified atom stereocenters. The van der Waals surface area contributed by atoms with Gasteiger partial charge >= 0.3 is 5.97 Å². The predicted molar refractivity (Wildman–Crippen MR) is 69.9 cm³/mol. The minimum Gasteiger partial charge on any atom is -0.491 e. The van der Waals surface area contributed by atoms with E-state index in [1.807, 2.05) is 0 Å². The molecule has 3 rings (SSSR count). The lowest BCUT2D eigenvalue weighted by Crippen LogP contribution is -2.14. The average molecular weight is 277 g/mol. The molecular weight excluding hydrogens is 262 g/mol. The predicted octanol–water partition coefficient (Wildman–Crippen LogP) is 1.08. The number of rotatable bonds is 4. The summed E-state index contributed by atoms with van der Waals surface area (Å²) in [4.78, 5) is 15.4. The van der Waals surface area contributed by atoms with Crippen molar-refractivity contribution in [1.29, 1.82) is 0 Å². The third kappa shape index (κ3) is 2.20. The van der Waals surface area contributed by atoms with Crippen LogP contribution in [0.5, 0.6) is 5.75 Å². The Morgan fingerprint density at radius 3 is 3.15 bits per heavy atom. The number of fused-ring (bicyclic) bond motifs is 1. The highest BCUT2D eigenvalue weighted by Gasteiger charge is 2.21. The van der Waals surface area contributed by atoms with E-state index in [1.54, 1.807) is 17.9 Å². The van der Waals surface area contributed by atoms with Crippen molar-refractivity contribution in [2.75, 3.05) is 19.8 Å². The van der Waals surface area contributed by atoms with Gasteiger partial charge in [0.05, 0.1) is 24.8 Å². The van der Waals surface area contributed by atoms with Gasteiger partial charge in [-0.25, -0.2) is 9.78 Å². The topological polar surface area (TPSA) is 86.5 Å². The van der Waals surface area contributed by atoms with Gasteiger partial charge in [0.2, 0.25) is 0 Å². The van der Waals surface area contributed by atoms with Crippen molar-refractivity contribution in [2.24, 2.45) is 13.0 Å². The van der Waals surface area contributed by atoms with Crippen LogP contribution in [0.25, 0.3) is 11.0 Å². The maximum atomic E-state index is 11.3. The molecule has 1 aliphatic rings. The summed E-state index contributed by atoms with van der Waals surface area (Å²) in [6, 6.07) is 0. The number of aromatic carboxylic acids is 1. The first-order chi connectivity index (χ1) is 9.66. The van der Waals surface area contributed by atoms with Crippen molar-refractivity contribution in [3.63, 3.8) is 0 Å². The van der Waals surface area contributed by atoms with E-state index in [-0.39, 0.29) is 5.56 Å². The van der Waals surface area contributed by atoms with E-state index in [0.29, 0.717) is 35.9 Å². The van der Waals surface area contributed by atoms with Crippen molar-refractivity contribution < 1.29 is 19.4 Å². The van der Waals surface area contributed by atoms with Gasteiger partial charge in [0.15, 0.2) is 5.65 Å². The molecule has 0 amide bonds. The zero-order valence-electron chi connectivity index (χ0n) is 11.1. The summed E-state index contributed by atoms with van der Waals surface area (Å²) in [5, 5.41) is 14.0. The molecule has 1 saturated heterocycles. The van der Waals surface area contributed by atoms with Gasteiger partial charge in [-0.2, -0.15) is 5.10 Å². The Labute approximate surface area is 115 Å². The van der Waals surface area contributed by atoms with Crippen LogP contribution in [0.3, 0.4) is 0 Å². The second kappa shape index (κ2) is 5.09. The number of aryl methyl sites for hydroxylation is 1. The van der Waals surface area contributed by atoms with Crippen LogP contribution in [0.2, 0.25) is 0 Å². The summed E-state index contributed by atoms with van der Waals surface area (Å²) in [7, 11) is 1.75. The number of nitrogens with zero attached hydrogens (tertiary/aromatic N) is 3. The Morgan fingerprint density at radius 1 is 1.60 bits per heavy atom. The molecule has 2 aromatic heterocycles. The van der Waals surface area contributed by atoms with Gasteiger partial charge in [-0.05, 0) is 6.42 Å². The number of carbonyl (C=O) groups is 1. The summed E-state index contributed by atoms with van der Waals surface area (Å²) in [5.41, 5.74) is 0.664. The summed E-state index contributed by atoms with van der Waals surface area (Å²) in [5.74, 6) is -0.417. The van der Waals surface area contributed by atoms with Crippen molar-refractivity contribution >= 4 is 17.0 Å². The summed E-state index contributed by atoms with van der Waals surface area (Å²) >= 11 is 0. The van der Waals surface area contributed by atoms with Crippen LogP contribution in [0.1, 0.15) is 16.8 Å². The van der Waals surface area contributed by atoms with E-state index in [1.165, 1.54) is 6.20 Å². The van der Waals surface area contributed by atoms with E-state index in [2.05, 4.69) is 10.1 Å². The zero-order valence-corrected chi connectivity index (χ0v) is 11.1. The van der Waals surface area contributed by atoms with Crippen LogP contribution < -0.4 is 4.74 Å². The molecule has 3 heterocycles. The molecule has 20 heavy (non-hydrogen) atoms. The zero-order chi connectivity index (χ0) is 14.1. The van der Waals surface area contributed by atoms with Gasteiger partial charge < -0.3 is 14.6 Å². The largest absolute Gasteiger partial charge is 0.491 e. The maximum absolute atomic E-state index is 11.3. The highest BCUT2D eigenvalue weighted by Crippen LogP contribution is 2.29. The smallest absolute Gasteiger partial charge is 0.341 e. The minimum absolute atomic E-state index is 0.0596. The molecule has 1 atom stereocenters. The first-order valence-corrected chi connectivity index (χ1v) is 6.41. The molecule has 7 nitrogen and oxygen atoms in total. The molecule has 1 aliphatic heterocycles. The fraction of sp³-hybridized carbons (Fsp3) is 0.462. The number of pyridine rings is 1. The number of hydrogen-bond acceptors (Lipinski definition) is 5. The fourth-order valence-electron chi connectivity index (χ4n) is 2.30. The molecule has 1 N–H and O–H groups in total. The van der Waals surface area contributed by atoms with Gasteiger partial charge in [-0.15, -0.1) is 0 Å². The Balaban J connectivity index is 1.96. The first kappa shape index (κ1) is 12.9. The molecule has 2 aromatic rings. The average Bonchev–Trinajstić information content (AvgIpc) is 3.06. The van der Waals surface area contributed by atoms with Crippen molar-refractivity contribution in [3.05, 3.63) is 18.0 Å². The lowest BCUT2D eigenvalue weighted by Gasteiger charge is -2.13. The van der Waals surface area contributed by atoms with E-state index in [9.17, 15) is 9.90 Å². The highest BCUT2D eigenvalue weighted by atomic mass is 16.5. The monoisotopic (exact) mass is 277 g/mol. The Bertz CT molecular complexity index is 646. The van der Waals surface area contributed by atoms with Crippen molar-refractivity contribution in [2.45, 2.75) is 6.42 Å². The molecule has 106 valence electrons. The van der Waals surface area contributed by atoms with Crippen LogP contribution in [0, 0.1) is 5.92 Å². The van der Waals surface area contributed by atoms with Crippen LogP contribution in [0.4, 0.5) is 0 Å². The molecule has 0 spiro atoms. The number of carboxylic acid groups (broad SMARTS) is 1. The summed E-state index contributed by atoms with van der Waals surface area (Å²) < 4.78 is 12.6. The summed E-state index contributed by atoms with van der Waals surface area (Å²) in [6.45, 7) is 1.83. The number of ether oxygens (including phenoxy) is 2. The van der Waals surface area contributed by atoms with E-state index in [4.69, 9.17) is 9.47 Å². The Kier molecular flexibility index (Phi) is 3.27. The number of carboxylic acids is 1. The molecule has 7 heteroatoms. The second-order valence-corrected chi connectivity index (χ2v) is 4.85. The van der Waals surface area contributed by atoms with Gasteiger partial charge in [-0.3, -0.25) is 4.68 Å². The maximum Gasteiger partial charge on any atom is 0.341 e. The fourth-order valence-corrected chi connectivity index (χ4v) is 2.30. The second-order valence-electron chi connectivity index (χ2n) is 4.85. The van der Waals surface area contributed by atoms with E-state index >= 15 is 0 Å². The number of hydrogen-bond donors (Lipinski definition) is 1. The normalized spacial score (nSPS) is 18.6. The quantitative estimate of drug-likeness (QED) is 0.900. The molecule has 0 bridgehead atoms. The Morgan fingerprint density at radius 2 is 2.45 bits per heavy atom. The molecule has 0 aromatic carbocycles. The Hall–Kier alpha value is -2.15. The SMILES string of the molecule is Cn1ncc2c(OCC3CCOC3)c(C(=O)O)cnc21. The van der Waals surface area contributed by atoms with Crippen molar-refractivity contribution in [3.8, 4) is 5.75 Å². The lowest BCUT2D eigenvalue weighted by molar-refractivity contribution is 0.0691. The van der Waals surface area contributed by atoms with Crippen LogP contribution in [0.15, 0.2) is 12.4 Å². The van der Waals surface area contributed by atoms with Crippen molar-refractivity contribution in [1.82, 2.24) is 14.8 Å².